The van der Waals surface area contributed by atoms with Gasteiger partial charge in [0.05, 0.1) is 18.7 Å². The number of piperidine rings is 1. The van der Waals surface area contributed by atoms with Crippen LogP contribution >= 0.6 is 15.9 Å². The molecule has 1 aromatic carbocycles. The van der Waals surface area contributed by atoms with E-state index < -0.39 is 5.60 Å². The summed E-state index contributed by atoms with van der Waals surface area (Å²) in [6.07, 6.45) is 2.22. The van der Waals surface area contributed by atoms with Crippen LogP contribution < -0.4 is 5.32 Å². The summed E-state index contributed by atoms with van der Waals surface area (Å²) in [6, 6.07) is 5.71. The quantitative estimate of drug-likeness (QED) is 0.859. The monoisotopic (exact) mass is 340 g/mol. The van der Waals surface area contributed by atoms with Crippen LogP contribution in [0.1, 0.15) is 42.6 Å². The number of halogens is 1. The summed E-state index contributed by atoms with van der Waals surface area (Å²) in [6.45, 7) is 8.26. The normalized spacial score (nSPS) is 17.0. The lowest BCUT2D eigenvalue weighted by atomic mass is 9.83. The Hall–Kier alpha value is -0.870. The van der Waals surface area contributed by atoms with Crippen LogP contribution in [0.2, 0.25) is 0 Å². The molecular formula is C16H23BrNO2+. The summed E-state index contributed by atoms with van der Waals surface area (Å²) in [4.78, 5) is 12.4. The maximum absolute atomic E-state index is 12.4. The lowest BCUT2D eigenvalue weighted by molar-refractivity contribution is -0.665. The largest absolute Gasteiger partial charge is 0.456 e. The molecule has 4 heteroatoms. The van der Waals surface area contributed by atoms with Gasteiger partial charge in [0.1, 0.15) is 5.60 Å². The topological polar surface area (TPSA) is 42.9 Å². The van der Waals surface area contributed by atoms with E-state index in [4.69, 9.17) is 4.74 Å². The average Bonchev–Trinajstić information content (AvgIpc) is 2.42. The summed E-state index contributed by atoms with van der Waals surface area (Å²) in [5.74, 6) is 0.229. The van der Waals surface area contributed by atoms with Crippen molar-refractivity contribution in [2.75, 3.05) is 13.1 Å². The first kappa shape index (κ1) is 15.5. The van der Waals surface area contributed by atoms with E-state index in [1.807, 2.05) is 39.0 Å². The fraction of sp³-hybridized carbons (Fsp3) is 0.562. The third-order valence-corrected chi connectivity index (χ3v) is 4.69. The van der Waals surface area contributed by atoms with Gasteiger partial charge < -0.3 is 10.1 Å². The number of carbonyl (C=O) groups excluding carboxylic acids is 1. The van der Waals surface area contributed by atoms with Crippen LogP contribution in [-0.4, -0.2) is 24.7 Å². The summed E-state index contributed by atoms with van der Waals surface area (Å²) >= 11 is 3.41. The minimum absolute atomic E-state index is 0.219. The Kier molecular flexibility index (Phi) is 4.86. The second kappa shape index (κ2) is 6.27. The first-order chi connectivity index (χ1) is 9.40. The molecule has 0 unspecified atom stereocenters. The maximum Gasteiger partial charge on any atom is 0.338 e. The van der Waals surface area contributed by atoms with Gasteiger partial charge in [-0.05, 0) is 38.5 Å². The summed E-state index contributed by atoms with van der Waals surface area (Å²) in [5, 5.41) is 2.33. The van der Waals surface area contributed by atoms with E-state index in [0.717, 1.165) is 36.0 Å². The number of carbonyl (C=O) groups is 1. The van der Waals surface area contributed by atoms with Crippen LogP contribution in [-0.2, 0) is 4.74 Å². The number of hydrogen-bond acceptors (Lipinski definition) is 2. The Bertz CT molecular complexity index is 493. The van der Waals surface area contributed by atoms with E-state index in [1.54, 1.807) is 0 Å². The molecule has 0 aliphatic carbocycles. The summed E-state index contributed by atoms with van der Waals surface area (Å²) < 4.78 is 6.73. The SMILES string of the molecule is Cc1ccc(Br)cc1C(=O)OC(C)(C)C1CC[NH2+]CC1. The van der Waals surface area contributed by atoms with Crippen molar-refractivity contribution in [2.24, 2.45) is 5.92 Å². The van der Waals surface area contributed by atoms with Crippen molar-refractivity contribution in [3.8, 4) is 0 Å². The van der Waals surface area contributed by atoms with Gasteiger partial charge in [-0.2, -0.15) is 0 Å². The zero-order valence-corrected chi connectivity index (χ0v) is 14.0. The molecule has 2 rings (SSSR count). The molecular weight excluding hydrogens is 318 g/mol. The predicted octanol–water partition coefficient (Wildman–Crippen LogP) is 2.67. The Labute approximate surface area is 129 Å². The number of ether oxygens (including phenoxy) is 1. The molecule has 1 saturated heterocycles. The van der Waals surface area contributed by atoms with Gasteiger partial charge in [0.15, 0.2) is 0 Å². The molecule has 3 nitrogen and oxygen atoms in total. The van der Waals surface area contributed by atoms with Crippen LogP contribution in [0.4, 0.5) is 0 Å². The predicted molar refractivity (Wildman–Crippen MR) is 82.8 cm³/mol. The van der Waals surface area contributed by atoms with Crippen LogP contribution in [0.5, 0.6) is 0 Å². The second-order valence-electron chi connectivity index (χ2n) is 6.09. The van der Waals surface area contributed by atoms with E-state index in [1.165, 1.54) is 0 Å². The molecule has 0 atom stereocenters. The number of nitrogens with two attached hydrogens (primary N) is 1. The smallest absolute Gasteiger partial charge is 0.338 e. The molecule has 1 heterocycles. The lowest BCUT2D eigenvalue weighted by Crippen LogP contribution is -2.86. The van der Waals surface area contributed by atoms with E-state index in [0.29, 0.717) is 11.5 Å². The van der Waals surface area contributed by atoms with Crippen LogP contribution in [0, 0.1) is 12.8 Å². The first-order valence-corrected chi connectivity index (χ1v) is 8.00. The van der Waals surface area contributed by atoms with Crippen molar-refractivity contribution in [3.63, 3.8) is 0 Å². The second-order valence-corrected chi connectivity index (χ2v) is 7.01. The van der Waals surface area contributed by atoms with Gasteiger partial charge in [-0.1, -0.05) is 22.0 Å². The fourth-order valence-electron chi connectivity index (χ4n) is 2.81. The molecule has 110 valence electrons. The van der Waals surface area contributed by atoms with Gasteiger partial charge in [0.25, 0.3) is 0 Å². The van der Waals surface area contributed by atoms with Gasteiger partial charge in [-0.25, -0.2) is 4.79 Å². The number of quaternary nitrogens is 1. The number of benzene rings is 1. The molecule has 1 fully saturated rings. The standard InChI is InChI=1S/C16H22BrNO2/c1-11-4-5-13(17)10-14(11)15(19)20-16(2,3)12-6-8-18-9-7-12/h4-5,10,12,18H,6-9H2,1-3H3/p+1. The fourth-order valence-corrected chi connectivity index (χ4v) is 3.17. The van der Waals surface area contributed by atoms with Crippen LogP contribution in [0.25, 0.3) is 0 Å². The minimum Gasteiger partial charge on any atom is -0.456 e. The molecule has 20 heavy (non-hydrogen) atoms. The highest BCUT2D eigenvalue weighted by atomic mass is 79.9. The lowest BCUT2D eigenvalue weighted by Gasteiger charge is -2.35. The van der Waals surface area contributed by atoms with E-state index in [-0.39, 0.29) is 5.97 Å². The van der Waals surface area contributed by atoms with Crippen molar-refractivity contribution in [3.05, 3.63) is 33.8 Å². The number of hydrogen-bond donors (Lipinski definition) is 1. The van der Waals surface area contributed by atoms with Gasteiger partial charge in [0, 0.05) is 23.2 Å². The number of esters is 1. The first-order valence-electron chi connectivity index (χ1n) is 7.21. The Morgan fingerprint density at radius 2 is 2.00 bits per heavy atom. The zero-order chi connectivity index (χ0) is 14.8. The molecule has 0 saturated carbocycles. The Balaban J connectivity index is 2.11. The van der Waals surface area contributed by atoms with E-state index >= 15 is 0 Å². The Morgan fingerprint density at radius 1 is 1.35 bits per heavy atom. The van der Waals surface area contributed by atoms with Crippen LogP contribution in [0.15, 0.2) is 22.7 Å². The van der Waals surface area contributed by atoms with E-state index in [9.17, 15) is 4.79 Å². The molecule has 0 spiro atoms. The number of rotatable bonds is 3. The van der Waals surface area contributed by atoms with Crippen molar-refractivity contribution < 1.29 is 14.8 Å². The van der Waals surface area contributed by atoms with Crippen molar-refractivity contribution >= 4 is 21.9 Å². The van der Waals surface area contributed by atoms with E-state index in [2.05, 4.69) is 21.2 Å². The van der Waals surface area contributed by atoms with Crippen molar-refractivity contribution in [1.82, 2.24) is 0 Å². The third kappa shape index (κ3) is 3.61. The molecule has 0 bridgehead atoms. The minimum atomic E-state index is -0.403. The molecule has 0 aromatic heterocycles. The highest BCUT2D eigenvalue weighted by molar-refractivity contribution is 9.10. The van der Waals surface area contributed by atoms with Gasteiger partial charge >= 0.3 is 5.97 Å². The molecule has 1 aliphatic heterocycles. The Morgan fingerprint density at radius 3 is 2.65 bits per heavy atom. The molecule has 0 amide bonds. The highest BCUT2D eigenvalue weighted by Gasteiger charge is 2.35. The highest BCUT2D eigenvalue weighted by Crippen LogP contribution is 2.29. The van der Waals surface area contributed by atoms with Crippen LogP contribution in [0.3, 0.4) is 0 Å². The van der Waals surface area contributed by atoms with Gasteiger partial charge in [0.2, 0.25) is 0 Å². The zero-order valence-electron chi connectivity index (χ0n) is 12.4. The third-order valence-electron chi connectivity index (χ3n) is 4.20. The van der Waals surface area contributed by atoms with Crippen molar-refractivity contribution in [2.45, 2.75) is 39.2 Å². The van der Waals surface area contributed by atoms with Gasteiger partial charge in [-0.3, -0.25) is 0 Å². The summed E-state index contributed by atoms with van der Waals surface area (Å²) in [5.41, 5.74) is 1.20. The van der Waals surface area contributed by atoms with Crippen molar-refractivity contribution in [1.29, 1.82) is 0 Å². The molecule has 2 N–H and O–H groups in total. The average molecular weight is 341 g/mol. The molecule has 0 radical (unpaired) electrons. The maximum atomic E-state index is 12.4. The summed E-state index contributed by atoms with van der Waals surface area (Å²) in [7, 11) is 0. The molecule has 1 aliphatic rings. The molecule has 1 aromatic rings. The number of aryl methyl sites for hydroxylation is 1. The van der Waals surface area contributed by atoms with Gasteiger partial charge in [-0.15, -0.1) is 0 Å².